The van der Waals surface area contributed by atoms with Crippen molar-refractivity contribution in [1.82, 2.24) is 19.7 Å². The van der Waals surface area contributed by atoms with E-state index in [0.717, 1.165) is 23.4 Å². The van der Waals surface area contributed by atoms with Gasteiger partial charge in [0.2, 0.25) is 5.89 Å². The number of methoxy groups -OCH3 is 1. The van der Waals surface area contributed by atoms with Gasteiger partial charge in [-0.2, -0.15) is 0 Å². The Kier molecular flexibility index (Phi) is 4.84. The van der Waals surface area contributed by atoms with Crippen LogP contribution in [-0.2, 0) is 6.42 Å². The Balaban J connectivity index is 1.51. The van der Waals surface area contributed by atoms with E-state index in [1.807, 2.05) is 28.8 Å². The quantitative estimate of drug-likeness (QED) is 0.644. The van der Waals surface area contributed by atoms with Crippen LogP contribution in [0.5, 0.6) is 5.75 Å². The van der Waals surface area contributed by atoms with Crippen molar-refractivity contribution in [2.24, 2.45) is 5.92 Å². The number of aromatic nitrogens is 3. The number of hydrogen-bond acceptors (Lipinski definition) is 6. The summed E-state index contributed by atoms with van der Waals surface area (Å²) in [7, 11) is 1.65. The third kappa shape index (κ3) is 3.52. The monoisotopic (exact) mass is 420 g/mol. The van der Waals surface area contributed by atoms with Gasteiger partial charge in [0.05, 0.1) is 7.11 Å². The Hall–Kier alpha value is -3.42. The predicted octanol–water partition coefficient (Wildman–Crippen LogP) is 2.59. The van der Waals surface area contributed by atoms with Gasteiger partial charge in [-0.3, -0.25) is 9.59 Å². The molecule has 0 aliphatic carbocycles. The first-order chi connectivity index (χ1) is 15.0. The van der Waals surface area contributed by atoms with Gasteiger partial charge in [-0.15, -0.1) is 10.2 Å². The summed E-state index contributed by atoms with van der Waals surface area (Å²) in [6.45, 7) is 2.75. The van der Waals surface area contributed by atoms with Crippen molar-refractivity contribution < 1.29 is 13.9 Å². The minimum absolute atomic E-state index is 0.00685. The molecule has 2 aliphatic heterocycles. The lowest BCUT2D eigenvalue weighted by molar-refractivity contribution is 0.0491. The van der Waals surface area contributed by atoms with Gasteiger partial charge < -0.3 is 18.6 Å². The van der Waals surface area contributed by atoms with Crippen molar-refractivity contribution in [1.29, 1.82) is 0 Å². The summed E-state index contributed by atoms with van der Waals surface area (Å²) in [4.78, 5) is 27.7. The number of carbonyl (C=O) groups is 1. The third-order valence-electron chi connectivity index (χ3n) is 6.37. The number of ether oxygens (including phenoxy) is 1. The first kappa shape index (κ1) is 19.5. The zero-order valence-electron chi connectivity index (χ0n) is 17.5. The van der Waals surface area contributed by atoms with Gasteiger partial charge in [-0.25, -0.2) is 0 Å². The molecular formula is C23H24N4O4. The second-order valence-electron chi connectivity index (χ2n) is 8.31. The highest BCUT2D eigenvalue weighted by Crippen LogP contribution is 2.42. The van der Waals surface area contributed by atoms with Crippen LogP contribution < -0.4 is 10.3 Å². The largest absolute Gasteiger partial charge is 0.497 e. The van der Waals surface area contributed by atoms with E-state index in [9.17, 15) is 9.59 Å². The van der Waals surface area contributed by atoms with E-state index >= 15 is 0 Å². The van der Waals surface area contributed by atoms with Crippen LogP contribution in [0, 0.1) is 12.8 Å². The molecule has 1 aromatic carbocycles. The number of hydrogen-bond donors (Lipinski definition) is 0. The van der Waals surface area contributed by atoms with Gasteiger partial charge in [-0.1, -0.05) is 18.2 Å². The molecule has 160 valence electrons. The van der Waals surface area contributed by atoms with Crippen molar-refractivity contribution in [3.05, 3.63) is 75.9 Å². The number of aryl methyl sites for hydroxylation is 1. The van der Waals surface area contributed by atoms with Crippen molar-refractivity contribution in [3.8, 4) is 5.75 Å². The number of nitrogens with zero attached hydrogens (tertiary/aromatic N) is 4. The lowest BCUT2D eigenvalue weighted by Crippen LogP contribution is -2.51. The van der Waals surface area contributed by atoms with E-state index in [1.165, 1.54) is 0 Å². The van der Waals surface area contributed by atoms with Crippen LogP contribution in [0.15, 0.2) is 51.7 Å². The van der Waals surface area contributed by atoms with Crippen molar-refractivity contribution in [2.75, 3.05) is 20.2 Å². The minimum Gasteiger partial charge on any atom is -0.497 e. The summed E-state index contributed by atoms with van der Waals surface area (Å²) in [5, 5.41) is 7.69. The Bertz CT molecular complexity index is 1180. The maximum atomic E-state index is 13.0. The Morgan fingerprint density at radius 3 is 2.81 bits per heavy atom. The second-order valence-corrected chi connectivity index (χ2v) is 8.31. The number of fused-ring (bicyclic) bond motifs is 4. The van der Waals surface area contributed by atoms with Crippen LogP contribution in [0.25, 0.3) is 0 Å². The minimum atomic E-state index is -0.248. The van der Waals surface area contributed by atoms with Crippen LogP contribution in [0.1, 0.15) is 46.2 Å². The fourth-order valence-electron chi connectivity index (χ4n) is 5.03. The summed E-state index contributed by atoms with van der Waals surface area (Å²) in [6.07, 6.45) is 1.62. The molecule has 0 unspecified atom stereocenters. The number of pyridine rings is 1. The zero-order chi connectivity index (χ0) is 21.5. The highest BCUT2D eigenvalue weighted by molar-refractivity contribution is 5.89. The van der Waals surface area contributed by atoms with Crippen LogP contribution in [0.3, 0.4) is 0 Å². The van der Waals surface area contributed by atoms with E-state index in [0.29, 0.717) is 25.4 Å². The van der Waals surface area contributed by atoms with Crippen LogP contribution in [0.2, 0.25) is 0 Å². The molecule has 2 aromatic heterocycles. The first-order valence-corrected chi connectivity index (χ1v) is 10.5. The van der Waals surface area contributed by atoms with Crippen LogP contribution in [0.4, 0.5) is 0 Å². The van der Waals surface area contributed by atoms with E-state index < -0.39 is 0 Å². The van der Waals surface area contributed by atoms with Crippen LogP contribution >= 0.6 is 0 Å². The SMILES string of the molecule is COc1cccc(C[C@H]2[C@H]3C[C@H](CN(C(=O)c4nnc(C)o4)C3)c3cccc(=O)n32)c1. The molecule has 8 heteroatoms. The lowest BCUT2D eigenvalue weighted by atomic mass is 9.76. The summed E-state index contributed by atoms with van der Waals surface area (Å²) in [5.74, 6) is 1.18. The predicted molar refractivity (Wildman–Crippen MR) is 112 cm³/mol. The molecule has 8 nitrogen and oxygen atoms in total. The Morgan fingerprint density at radius 2 is 2.03 bits per heavy atom. The van der Waals surface area contributed by atoms with E-state index in [-0.39, 0.29) is 35.2 Å². The average molecular weight is 420 g/mol. The molecule has 2 aliphatic rings. The fraction of sp³-hybridized carbons (Fsp3) is 0.391. The molecule has 0 radical (unpaired) electrons. The Morgan fingerprint density at radius 1 is 1.19 bits per heavy atom. The number of amides is 1. The van der Waals surface area contributed by atoms with Crippen molar-refractivity contribution in [2.45, 2.75) is 31.7 Å². The summed E-state index contributed by atoms with van der Waals surface area (Å²) < 4.78 is 12.7. The molecule has 0 spiro atoms. The molecule has 3 aromatic rings. The van der Waals surface area contributed by atoms with Gasteiger partial charge in [0.1, 0.15) is 5.75 Å². The van der Waals surface area contributed by atoms with Crippen LogP contribution in [-0.4, -0.2) is 45.8 Å². The van der Waals surface area contributed by atoms with Crippen molar-refractivity contribution in [3.63, 3.8) is 0 Å². The molecule has 0 N–H and O–H groups in total. The number of piperidine rings is 1. The second kappa shape index (κ2) is 7.68. The molecule has 2 bridgehead atoms. The van der Waals surface area contributed by atoms with Gasteiger partial charge >= 0.3 is 11.8 Å². The van der Waals surface area contributed by atoms with Crippen molar-refractivity contribution >= 4 is 5.91 Å². The average Bonchev–Trinajstić information content (AvgIpc) is 3.22. The molecule has 1 amide bonds. The molecule has 1 fully saturated rings. The highest BCUT2D eigenvalue weighted by atomic mass is 16.5. The molecule has 5 rings (SSSR count). The molecular weight excluding hydrogens is 396 g/mol. The molecule has 0 saturated carbocycles. The number of carbonyl (C=O) groups excluding carboxylic acids is 1. The lowest BCUT2D eigenvalue weighted by Gasteiger charge is -2.46. The normalized spacial score (nSPS) is 22.1. The first-order valence-electron chi connectivity index (χ1n) is 10.5. The number of likely N-dealkylation sites (tertiary alicyclic amines) is 1. The third-order valence-corrected chi connectivity index (χ3v) is 6.37. The van der Waals surface area contributed by atoms with Gasteiger partial charge in [0, 0.05) is 43.7 Å². The summed E-state index contributed by atoms with van der Waals surface area (Å²) in [5.41, 5.74) is 2.09. The fourth-order valence-corrected chi connectivity index (χ4v) is 5.03. The van der Waals surface area contributed by atoms with Gasteiger partial charge in [0.15, 0.2) is 0 Å². The maximum absolute atomic E-state index is 13.0. The molecule has 4 heterocycles. The maximum Gasteiger partial charge on any atom is 0.311 e. The molecule has 1 saturated heterocycles. The van der Waals surface area contributed by atoms with E-state index in [4.69, 9.17) is 9.15 Å². The summed E-state index contributed by atoms with van der Waals surface area (Å²) >= 11 is 0. The van der Waals surface area contributed by atoms with Gasteiger partial charge in [0.25, 0.3) is 5.56 Å². The van der Waals surface area contributed by atoms with E-state index in [1.54, 1.807) is 31.1 Å². The number of benzene rings is 1. The highest BCUT2D eigenvalue weighted by Gasteiger charge is 2.42. The topological polar surface area (TPSA) is 90.5 Å². The van der Waals surface area contributed by atoms with E-state index in [2.05, 4.69) is 16.3 Å². The number of rotatable bonds is 4. The Labute approximate surface area is 179 Å². The van der Waals surface area contributed by atoms with Gasteiger partial charge in [-0.05, 0) is 42.5 Å². The molecule has 3 atom stereocenters. The smallest absolute Gasteiger partial charge is 0.311 e. The molecule has 31 heavy (non-hydrogen) atoms. The summed E-state index contributed by atoms with van der Waals surface area (Å²) in [6, 6.07) is 13.3. The zero-order valence-corrected chi connectivity index (χ0v) is 17.5. The standard InChI is InChI=1S/C23H24N4O4/c1-14-24-25-22(31-14)23(29)26-12-16-11-17(13-26)20(27-19(16)7-4-8-21(27)28)10-15-5-3-6-18(9-15)30-2/h3-9,16-17,20H,10-13H2,1-2H3/t16-,17+,20+/m1/s1.